The predicted octanol–water partition coefficient (Wildman–Crippen LogP) is 1.92. The molecule has 5 nitrogen and oxygen atoms in total. The molecule has 2 aliphatic rings. The number of carbonyl (C=O) groups is 2. The van der Waals surface area contributed by atoms with Gasteiger partial charge in [0, 0.05) is 29.7 Å². The minimum atomic E-state index is -0.176. The molecule has 0 radical (unpaired) electrons. The number of fused-ring (bicyclic) bond motifs is 1. The Bertz CT molecular complexity index is 740. The lowest BCUT2D eigenvalue weighted by Gasteiger charge is -2.47. The number of primary amides is 1. The molecular weight excluding hydrogens is 322 g/mol. The number of nitrogens with zero attached hydrogens (tertiary/aromatic N) is 2. The van der Waals surface area contributed by atoms with E-state index in [1.165, 1.54) is 0 Å². The highest BCUT2D eigenvalue weighted by atomic mass is 32.1. The van der Waals surface area contributed by atoms with E-state index in [9.17, 15) is 9.59 Å². The molecule has 6 heteroatoms. The second kappa shape index (κ2) is 6.18. The van der Waals surface area contributed by atoms with Gasteiger partial charge in [0.15, 0.2) is 0 Å². The first-order chi connectivity index (χ1) is 11.6. The number of nitrogens with two attached hydrogens (primary N) is 1. The van der Waals surface area contributed by atoms with Gasteiger partial charge in [0.2, 0.25) is 5.91 Å². The number of likely N-dealkylation sites (tertiary alicyclic amines) is 2. The normalized spacial score (nSPS) is 20.2. The summed E-state index contributed by atoms with van der Waals surface area (Å²) in [5.74, 6) is -0.0121. The van der Waals surface area contributed by atoms with Gasteiger partial charge in [-0.3, -0.25) is 14.5 Å². The Labute approximate surface area is 145 Å². The topological polar surface area (TPSA) is 66.6 Å². The van der Waals surface area contributed by atoms with Crippen LogP contribution in [0.2, 0.25) is 0 Å². The zero-order valence-electron chi connectivity index (χ0n) is 13.5. The molecule has 0 atom stereocenters. The van der Waals surface area contributed by atoms with Crippen LogP contribution in [-0.2, 0) is 4.79 Å². The number of thiophene rings is 1. The third-order valence-electron chi connectivity index (χ3n) is 5.23. The van der Waals surface area contributed by atoms with Crippen LogP contribution in [0.15, 0.2) is 30.3 Å². The third kappa shape index (κ3) is 2.80. The second-order valence-corrected chi connectivity index (χ2v) is 7.81. The SMILES string of the molecule is NC(=O)C1CCN(C2CN(C(=O)c3cc4ccccc4s3)C2)CC1. The molecule has 2 saturated heterocycles. The van der Waals surface area contributed by atoms with Gasteiger partial charge in [-0.25, -0.2) is 0 Å². The Morgan fingerprint density at radius 1 is 1.12 bits per heavy atom. The highest BCUT2D eigenvalue weighted by Crippen LogP contribution is 2.29. The van der Waals surface area contributed by atoms with Crippen molar-refractivity contribution in [2.45, 2.75) is 18.9 Å². The van der Waals surface area contributed by atoms with Crippen molar-refractivity contribution in [2.75, 3.05) is 26.2 Å². The van der Waals surface area contributed by atoms with E-state index in [-0.39, 0.29) is 17.7 Å². The zero-order valence-corrected chi connectivity index (χ0v) is 14.3. The number of rotatable bonds is 3. The molecule has 2 N–H and O–H groups in total. The van der Waals surface area contributed by atoms with E-state index >= 15 is 0 Å². The fourth-order valence-electron chi connectivity index (χ4n) is 3.64. The molecule has 1 aromatic carbocycles. The standard InChI is InChI=1S/C18H21N3O2S/c19-17(22)12-5-7-20(8-6-12)14-10-21(11-14)18(23)16-9-13-3-1-2-4-15(13)24-16/h1-4,9,12,14H,5-8,10-11H2,(H2,19,22). The maximum atomic E-state index is 12.6. The largest absolute Gasteiger partial charge is 0.369 e. The maximum Gasteiger partial charge on any atom is 0.264 e. The number of benzene rings is 1. The van der Waals surface area contributed by atoms with Crippen LogP contribution in [0.1, 0.15) is 22.5 Å². The van der Waals surface area contributed by atoms with E-state index in [0.29, 0.717) is 6.04 Å². The molecule has 2 aromatic rings. The van der Waals surface area contributed by atoms with Crippen molar-refractivity contribution in [3.63, 3.8) is 0 Å². The van der Waals surface area contributed by atoms with E-state index in [1.807, 2.05) is 29.2 Å². The van der Waals surface area contributed by atoms with Crippen molar-refractivity contribution in [1.29, 1.82) is 0 Å². The zero-order chi connectivity index (χ0) is 16.7. The lowest BCUT2D eigenvalue weighted by Crippen LogP contribution is -2.62. The Morgan fingerprint density at radius 2 is 1.83 bits per heavy atom. The molecule has 3 heterocycles. The molecule has 0 unspecified atom stereocenters. The van der Waals surface area contributed by atoms with E-state index in [1.54, 1.807) is 11.3 Å². The summed E-state index contributed by atoms with van der Waals surface area (Å²) < 4.78 is 1.16. The quantitative estimate of drug-likeness (QED) is 0.926. The van der Waals surface area contributed by atoms with Gasteiger partial charge in [-0.15, -0.1) is 11.3 Å². The summed E-state index contributed by atoms with van der Waals surface area (Å²) in [6.07, 6.45) is 1.69. The molecule has 126 valence electrons. The molecule has 0 aliphatic carbocycles. The van der Waals surface area contributed by atoms with Gasteiger partial charge in [-0.2, -0.15) is 0 Å². The van der Waals surface area contributed by atoms with E-state index in [2.05, 4.69) is 11.0 Å². The molecule has 1 aromatic heterocycles. The summed E-state index contributed by atoms with van der Waals surface area (Å²) in [6, 6.07) is 10.5. The summed E-state index contributed by atoms with van der Waals surface area (Å²) in [6.45, 7) is 3.38. The van der Waals surface area contributed by atoms with Crippen LogP contribution in [0.4, 0.5) is 0 Å². The molecule has 2 aliphatic heterocycles. The summed E-state index contributed by atoms with van der Waals surface area (Å²) in [7, 11) is 0. The number of amides is 2. The fraction of sp³-hybridized carbons (Fsp3) is 0.444. The van der Waals surface area contributed by atoms with Gasteiger partial charge in [0.25, 0.3) is 5.91 Å². The first-order valence-corrected chi connectivity index (χ1v) is 9.24. The Kier molecular flexibility index (Phi) is 4.02. The van der Waals surface area contributed by atoms with Crippen LogP contribution in [0, 0.1) is 5.92 Å². The highest BCUT2D eigenvalue weighted by molar-refractivity contribution is 7.20. The van der Waals surface area contributed by atoms with Gasteiger partial charge in [0.1, 0.15) is 0 Å². The Hall–Kier alpha value is -1.92. The third-order valence-corrected chi connectivity index (χ3v) is 6.34. The number of hydrogen-bond donors (Lipinski definition) is 1. The van der Waals surface area contributed by atoms with Crippen LogP contribution in [-0.4, -0.2) is 53.8 Å². The second-order valence-electron chi connectivity index (χ2n) is 6.73. The van der Waals surface area contributed by atoms with Crippen LogP contribution in [0.5, 0.6) is 0 Å². The highest BCUT2D eigenvalue weighted by Gasteiger charge is 2.37. The molecule has 4 rings (SSSR count). The predicted molar refractivity (Wildman–Crippen MR) is 95.0 cm³/mol. The molecule has 0 bridgehead atoms. The maximum absolute atomic E-state index is 12.6. The minimum Gasteiger partial charge on any atom is -0.369 e. The van der Waals surface area contributed by atoms with Gasteiger partial charge < -0.3 is 10.6 Å². The molecule has 24 heavy (non-hydrogen) atoms. The van der Waals surface area contributed by atoms with Crippen LogP contribution in [0.25, 0.3) is 10.1 Å². The average molecular weight is 343 g/mol. The van der Waals surface area contributed by atoms with Crippen molar-refractivity contribution in [3.05, 3.63) is 35.2 Å². The minimum absolute atomic E-state index is 0.0256. The summed E-state index contributed by atoms with van der Waals surface area (Å²) in [5, 5.41) is 1.14. The van der Waals surface area contributed by atoms with Crippen LogP contribution < -0.4 is 5.73 Å². The fourth-order valence-corrected chi connectivity index (χ4v) is 4.67. The number of hydrogen-bond acceptors (Lipinski definition) is 4. The van der Waals surface area contributed by atoms with E-state index in [4.69, 9.17) is 5.73 Å². The van der Waals surface area contributed by atoms with E-state index in [0.717, 1.165) is 54.0 Å². The average Bonchev–Trinajstić information content (AvgIpc) is 2.98. The molecule has 2 fully saturated rings. The van der Waals surface area contributed by atoms with Crippen molar-refractivity contribution in [1.82, 2.24) is 9.80 Å². The van der Waals surface area contributed by atoms with Crippen molar-refractivity contribution < 1.29 is 9.59 Å². The Morgan fingerprint density at radius 3 is 2.50 bits per heavy atom. The molecule has 2 amide bonds. The molecular formula is C18H21N3O2S. The summed E-state index contributed by atoms with van der Waals surface area (Å²) in [4.78, 5) is 29.0. The smallest absolute Gasteiger partial charge is 0.264 e. The van der Waals surface area contributed by atoms with Gasteiger partial charge >= 0.3 is 0 Å². The molecule has 0 saturated carbocycles. The number of carbonyl (C=O) groups excluding carboxylic acids is 2. The van der Waals surface area contributed by atoms with Crippen LogP contribution >= 0.6 is 11.3 Å². The first-order valence-electron chi connectivity index (χ1n) is 8.43. The van der Waals surface area contributed by atoms with Crippen LogP contribution in [0.3, 0.4) is 0 Å². The summed E-state index contributed by atoms with van der Waals surface area (Å²) in [5.41, 5.74) is 5.38. The lowest BCUT2D eigenvalue weighted by molar-refractivity contribution is -0.123. The lowest BCUT2D eigenvalue weighted by atomic mass is 9.93. The Balaban J connectivity index is 1.34. The van der Waals surface area contributed by atoms with Crippen molar-refractivity contribution >= 4 is 33.2 Å². The van der Waals surface area contributed by atoms with Crippen molar-refractivity contribution in [2.24, 2.45) is 11.7 Å². The monoisotopic (exact) mass is 343 g/mol. The van der Waals surface area contributed by atoms with Gasteiger partial charge in [-0.1, -0.05) is 18.2 Å². The molecule has 0 spiro atoms. The number of piperidine rings is 1. The van der Waals surface area contributed by atoms with Crippen molar-refractivity contribution in [3.8, 4) is 0 Å². The summed E-state index contributed by atoms with van der Waals surface area (Å²) >= 11 is 1.57. The van der Waals surface area contributed by atoms with Gasteiger partial charge in [-0.05, 0) is 43.5 Å². The first kappa shape index (κ1) is 15.6. The van der Waals surface area contributed by atoms with E-state index < -0.39 is 0 Å². The van der Waals surface area contributed by atoms with Gasteiger partial charge in [0.05, 0.1) is 4.88 Å².